The molecule has 3 aliphatic carbocycles. The molecule has 0 aromatic carbocycles. The molecular formula is C31H60O. The van der Waals surface area contributed by atoms with Gasteiger partial charge in [-0.1, -0.05) is 118 Å². The summed E-state index contributed by atoms with van der Waals surface area (Å²) in [7, 11) is 0. The molecule has 0 aromatic heterocycles. The Bertz CT molecular complexity index is 459. The van der Waals surface area contributed by atoms with Crippen LogP contribution >= 0.6 is 0 Å². The Morgan fingerprint density at radius 1 is 0.750 bits per heavy atom. The summed E-state index contributed by atoms with van der Waals surface area (Å²) in [4.78, 5) is 0. The van der Waals surface area contributed by atoms with E-state index in [0.717, 1.165) is 47.3 Å². The third-order valence-electron chi connectivity index (χ3n) is 10.2. The van der Waals surface area contributed by atoms with Gasteiger partial charge in [-0.05, 0) is 79.4 Å². The van der Waals surface area contributed by atoms with Crippen LogP contribution < -0.4 is 0 Å². The van der Waals surface area contributed by atoms with Crippen molar-refractivity contribution in [3.05, 3.63) is 0 Å². The molecule has 190 valence electrons. The first kappa shape index (κ1) is 28.2. The van der Waals surface area contributed by atoms with Crippen LogP contribution in [0, 0.1) is 47.3 Å². The number of rotatable bonds is 10. The van der Waals surface area contributed by atoms with Crippen molar-refractivity contribution >= 4 is 0 Å². The second-order valence-corrected chi connectivity index (χ2v) is 12.9. The summed E-state index contributed by atoms with van der Waals surface area (Å²) >= 11 is 0. The largest absolute Gasteiger partial charge is 0.412 e. The van der Waals surface area contributed by atoms with Crippen molar-refractivity contribution in [1.82, 2.24) is 0 Å². The van der Waals surface area contributed by atoms with Gasteiger partial charge in [0.05, 0.1) is 0 Å². The molecule has 0 aliphatic heterocycles. The molecule has 3 aliphatic rings. The molecule has 0 spiro atoms. The standard InChI is InChI=1S/C31H58.H2O/c1-5-6-8-15-30-16-11-12-24(2)23-31(30)26(4)21-25(3)22-27-17-19-29(20-18-27)28-13-9-7-10-14-28;/h24-31H,5-23H2,1-4H3;1H2. The first-order valence-corrected chi connectivity index (χ1v) is 15.1. The maximum atomic E-state index is 2.64. The molecule has 2 N–H and O–H groups in total. The van der Waals surface area contributed by atoms with Gasteiger partial charge in [0, 0.05) is 0 Å². The summed E-state index contributed by atoms with van der Waals surface area (Å²) in [6, 6.07) is 0. The molecule has 0 heterocycles. The van der Waals surface area contributed by atoms with E-state index in [-0.39, 0.29) is 5.48 Å². The van der Waals surface area contributed by atoms with Gasteiger partial charge in [-0.3, -0.25) is 0 Å². The Hall–Kier alpha value is -0.0400. The van der Waals surface area contributed by atoms with Gasteiger partial charge in [0.15, 0.2) is 0 Å². The molecule has 0 amide bonds. The molecule has 0 radical (unpaired) electrons. The Morgan fingerprint density at radius 2 is 1.44 bits per heavy atom. The highest BCUT2D eigenvalue weighted by Crippen LogP contribution is 2.44. The van der Waals surface area contributed by atoms with E-state index in [1.54, 1.807) is 38.5 Å². The van der Waals surface area contributed by atoms with Crippen LogP contribution in [0.15, 0.2) is 0 Å². The van der Waals surface area contributed by atoms with Crippen molar-refractivity contribution < 1.29 is 5.48 Å². The Balaban J connectivity index is 0.00000363. The molecule has 0 bridgehead atoms. The number of hydrogen-bond donors (Lipinski definition) is 0. The minimum Gasteiger partial charge on any atom is -0.412 e. The molecule has 5 unspecified atom stereocenters. The maximum Gasteiger partial charge on any atom is -0.0357 e. The van der Waals surface area contributed by atoms with Gasteiger partial charge in [0.1, 0.15) is 0 Å². The predicted molar refractivity (Wildman–Crippen MR) is 142 cm³/mol. The zero-order valence-electron chi connectivity index (χ0n) is 22.6. The van der Waals surface area contributed by atoms with Crippen LogP contribution in [0.2, 0.25) is 0 Å². The van der Waals surface area contributed by atoms with E-state index in [9.17, 15) is 0 Å². The monoisotopic (exact) mass is 448 g/mol. The first-order valence-electron chi connectivity index (χ1n) is 15.1. The molecule has 32 heavy (non-hydrogen) atoms. The van der Waals surface area contributed by atoms with Gasteiger partial charge >= 0.3 is 0 Å². The van der Waals surface area contributed by atoms with E-state index in [4.69, 9.17) is 0 Å². The zero-order chi connectivity index (χ0) is 22.1. The van der Waals surface area contributed by atoms with E-state index in [2.05, 4.69) is 27.7 Å². The van der Waals surface area contributed by atoms with Crippen molar-refractivity contribution in [3.63, 3.8) is 0 Å². The van der Waals surface area contributed by atoms with Crippen molar-refractivity contribution in [3.8, 4) is 0 Å². The minimum atomic E-state index is 0. The van der Waals surface area contributed by atoms with Crippen molar-refractivity contribution in [2.45, 2.75) is 150 Å². The van der Waals surface area contributed by atoms with Crippen LogP contribution in [0.3, 0.4) is 0 Å². The summed E-state index contributed by atoms with van der Waals surface area (Å²) in [6.45, 7) is 10.2. The minimum absolute atomic E-state index is 0. The Morgan fingerprint density at radius 3 is 2.12 bits per heavy atom. The third-order valence-corrected chi connectivity index (χ3v) is 10.2. The molecule has 0 saturated heterocycles. The van der Waals surface area contributed by atoms with E-state index in [1.807, 2.05) is 0 Å². The van der Waals surface area contributed by atoms with Gasteiger partial charge in [-0.2, -0.15) is 0 Å². The lowest BCUT2D eigenvalue weighted by atomic mass is 9.68. The highest BCUT2D eigenvalue weighted by molar-refractivity contribution is 4.83. The highest BCUT2D eigenvalue weighted by atomic mass is 16.0. The van der Waals surface area contributed by atoms with Crippen LogP contribution in [0.5, 0.6) is 0 Å². The van der Waals surface area contributed by atoms with Gasteiger partial charge in [-0.25, -0.2) is 0 Å². The normalized spacial score (nSPS) is 34.3. The van der Waals surface area contributed by atoms with Crippen molar-refractivity contribution in [2.75, 3.05) is 0 Å². The number of hydrogen-bond acceptors (Lipinski definition) is 0. The maximum absolute atomic E-state index is 2.64. The lowest BCUT2D eigenvalue weighted by molar-refractivity contribution is 0.140. The Labute approximate surface area is 202 Å². The fourth-order valence-corrected chi connectivity index (χ4v) is 8.40. The molecule has 1 heteroatoms. The van der Waals surface area contributed by atoms with Gasteiger partial charge in [0.25, 0.3) is 0 Å². The quantitative estimate of drug-likeness (QED) is 0.235. The second kappa shape index (κ2) is 15.1. The summed E-state index contributed by atoms with van der Waals surface area (Å²) < 4.78 is 0. The average Bonchev–Trinajstić information content (AvgIpc) is 2.96. The Kier molecular flexibility index (Phi) is 13.3. The predicted octanol–water partition coefficient (Wildman–Crippen LogP) is 9.62. The molecule has 3 fully saturated rings. The summed E-state index contributed by atoms with van der Waals surface area (Å²) in [5, 5.41) is 0. The average molecular weight is 449 g/mol. The van der Waals surface area contributed by atoms with Crippen molar-refractivity contribution in [1.29, 1.82) is 0 Å². The first-order chi connectivity index (χ1) is 15.1. The summed E-state index contributed by atoms with van der Waals surface area (Å²) in [5.41, 5.74) is 0. The fraction of sp³-hybridized carbons (Fsp3) is 1.00. The summed E-state index contributed by atoms with van der Waals surface area (Å²) in [6.07, 6.45) is 28.9. The molecule has 3 saturated carbocycles. The molecule has 3 rings (SSSR count). The molecule has 1 nitrogen and oxygen atoms in total. The van der Waals surface area contributed by atoms with Gasteiger partial charge in [-0.15, -0.1) is 0 Å². The zero-order valence-corrected chi connectivity index (χ0v) is 22.6. The topological polar surface area (TPSA) is 31.5 Å². The van der Waals surface area contributed by atoms with Gasteiger partial charge in [0.2, 0.25) is 0 Å². The summed E-state index contributed by atoms with van der Waals surface area (Å²) in [5.74, 6) is 8.16. The molecular weight excluding hydrogens is 388 g/mol. The van der Waals surface area contributed by atoms with Gasteiger partial charge < -0.3 is 5.48 Å². The second-order valence-electron chi connectivity index (χ2n) is 12.9. The van der Waals surface area contributed by atoms with Crippen molar-refractivity contribution in [2.24, 2.45) is 47.3 Å². The third kappa shape index (κ3) is 8.96. The fourth-order valence-electron chi connectivity index (χ4n) is 8.40. The number of unbranched alkanes of at least 4 members (excludes halogenated alkanes) is 2. The van der Waals surface area contributed by atoms with Crippen LogP contribution in [0.25, 0.3) is 0 Å². The van der Waals surface area contributed by atoms with Crippen LogP contribution in [-0.2, 0) is 0 Å². The molecule has 5 atom stereocenters. The van der Waals surface area contributed by atoms with E-state index >= 15 is 0 Å². The lowest BCUT2D eigenvalue weighted by Crippen LogP contribution is -2.26. The van der Waals surface area contributed by atoms with Crippen LogP contribution in [-0.4, -0.2) is 5.48 Å². The van der Waals surface area contributed by atoms with Crippen LogP contribution in [0.4, 0.5) is 0 Å². The lowest BCUT2D eigenvalue weighted by Gasteiger charge is -2.37. The van der Waals surface area contributed by atoms with E-state index in [1.165, 1.54) is 83.5 Å². The smallest absolute Gasteiger partial charge is 0.0357 e. The van der Waals surface area contributed by atoms with Crippen LogP contribution in [0.1, 0.15) is 150 Å². The highest BCUT2D eigenvalue weighted by Gasteiger charge is 2.32. The SMILES string of the molecule is CCCCCC1CCCC(C)CC1C(C)CC(C)CC1CCC(C2CCCCC2)CC1.O. The van der Waals surface area contributed by atoms with E-state index < -0.39 is 0 Å². The molecule has 0 aromatic rings. The van der Waals surface area contributed by atoms with E-state index in [0.29, 0.717) is 0 Å².